The number of rotatable bonds is 7. The molecule has 2 heterocycles. The van der Waals surface area contributed by atoms with Crippen molar-refractivity contribution < 1.29 is 13.2 Å². The van der Waals surface area contributed by atoms with Crippen molar-refractivity contribution in [1.29, 1.82) is 0 Å². The Labute approximate surface area is 187 Å². The van der Waals surface area contributed by atoms with E-state index in [-0.39, 0.29) is 15.8 Å². The Bertz CT molecular complexity index is 1200. The minimum absolute atomic E-state index is 0.0310. The molecule has 0 fully saturated rings. The fourth-order valence-electron chi connectivity index (χ4n) is 3.56. The van der Waals surface area contributed by atoms with Gasteiger partial charge in [0.1, 0.15) is 4.90 Å². The van der Waals surface area contributed by atoms with Crippen molar-refractivity contribution >= 4 is 33.2 Å². The smallest absolute Gasteiger partial charge is 0.257 e. The topological polar surface area (TPSA) is 84.3 Å². The van der Waals surface area contributed by atoms with Crippen LogP contribution in [-0.2, 0) is 10.0 Å². The minimum atomic E-state index is -3.76. The summed E-state index contributed by atoms with van der Waals surface area (Å²) in [5, 5.41) is 2.91. The largest absolute Gasteiger partial charge is 0.322 e. The Kier molecular flexibility index (Phi) is 6.83. The summed E-state index contributed by atoms with van der Waals surface area (Å²) in [7, 11) is -3.76. The number of hydrogen-bond acceptors (Lipinski definition) is 4. The van der Waals surface area contributed by atoms with Crippen molar-refractivity contribution in [2.24, 2.45) is 0 Å². The van der Waals surface area contributed by atoms with E-state index >= 15 is 0 Å². The summed E-state index contributed by atoms with van der Waals surface area (Å²) >= 11 is 6.18. The second-order valence-electron chi connectivity index (χ2n) is 7.02. The fourth-order valence-corrected chi connectivity index (χ4v) is 5.51. The molecule has 9 heteroatoms. The molecule has 0 saturated carbocycles. The Balaban J connectivity index is 1.94. The number of aryl methyl sites for hydroxylation is 1. The van der Waals surface area contributed by atoms with Crippen LogP contribution in [0, 0.1) is 13.8 Å². The lowest BCUT2D eigenvalue weighted by molar-refractivity contribution is 0.102. The molecule has 0 aliphatic carbocycles. The van der Waals surface area contributed by atoms with Crippen LogP contribution in [0.3, 0.4) is 0 Å². The molecule has 1 N–H and O–H groups in total. The zero-order valence-corrected chi connectivity index (χ0v) is 19.5. The van der Waals surface area contributed by atoms with Gasteiger partial charge in [-0.3, -0.25) is 9.78 Å². The highest BCUT2D eigenvalue weighted by molar-refractivity contribution is 7.89. The lowest BCUT2D eigenvalue weighted by Crippen LogP contribution is -2.30. The highest BCUT2D eigenvalue weighted by Gasteiger charge is 2.25. The van der Waals surface area contributed by atoms with E-state index in [1.807, 2.05) is 30.5 Å². The first-order chi connectivity index (χ1) is 14.7. The average molecular weight is 461 g/mol. The van der Waals surface area contributed by atoms with Crippen LogP contribution in [-0.4, -0.2) is 41.3 Å². The summed E-state index contributed by atoms with van der Waals surface area (Å²) in [5.74, 6) is -0.336. The van der Waals surface area contributed by atoms with Gasteiger partial charge in [-0.15, -0.1) is 0 Å². The maximum atomic E-state index is 13.0. The number of carbonyl (C=O) groups is 1. The molecule has 0 aliphatic rings. The summed E-state index contributed by atoms with van der Waals surface area (Å²) in [6, 6.07) is 10.0. The molecule has 1 aromatic carbocycles. The van der Waals surface area contributed by atoms with Gasteiger partial charge in [-0.2, -0.15) is 4.31 Å². The van der Waals surface area contributed by atoms with Crippen LogP contribution in [0.15, 0.2) is 53.7 Å². The molecule has 31 heavy (non-hydrogen) atoms. The number of nitrogens with zero attached hydrogens (tertiary/aromatic N) is 3. The van der Waals surface area contributed by atoms with Gasteiger partial charge < -0.3 is 9.88 Å². The van der Waals surface area contributed by atoms with E-state index in [2.05, 4.69) is 10.3 Å². The molecule has 0 spiro atoms. The molecule has 0 radical (unpaired) electrons. The Morgan fingerprint density at radius 1 is 1.16 bits per heavy atom. The third-order valence-electron chi connectivity index (χ3n) is 5.09. The molecule has 3 aromatic rings. The van der Waals surface area contributed by atoms with Gasteiger partial charge in [-0.1, -0.05) is 25.4 Å². The van der Waals surface area contributed by atoms with Crippen molar-refractivity contribution in [2.75, 3.05) is 18.4 Å². The normalized spacial score (nSPS) is 11.7. The molecule has 0 saturated heterocycles. The lowest BCUT2D eigenvalue weighted by Gasteiger charge is -2.19. The van der Waals surface area contributed by atoms with Crippen LogP contribution < -0.4 is 5.32 Å². The highest BCUT2D eigenvalue weighted by Crippen LogP contribution is 2.28. The number of amides is 1. The number of pyridine rings is 1. The first-order valence-corrected chi connectivity index (χ1v) is 11.7. The average Bonchev–Trinajstić information content (AvgIpc) is 3.04. The summed E-state index contributed by atoms with van der Waals surface area (Å²) in [5.41, 5.74) is 3.34. The van der Waals surface area contributed by atoms with Crippen molar-refractivity contribution in [2.45, 2.75) is 32.6 Å². The highest BCUT2D eigenvalue weighted by atomic mass is 35.5. The van der Waals surface area contributed by atoms with E-state index < -0.39 is 10.0 Å². The quantitative estimate of drug-likeness (QED) is 0.565. The van der Waals surface area contributed by atoms with Gasteiger partial charge in [0, 0.05) is 36.4 Å². The van der Waals surface area contributed by atoms with Crippen LogP contribution in [0.4, 0.5) is 5.69 Å². The Morgan fingerprint density at radius 2 is 1.87 bits per heavy atom. The van der Waals surface area contributed by atoms with Gasteiger partial charge in [0.05, 0.1) is 22.5 Å². The maximum Gasteiger partial charge on any atom is 0.257 e. The van der Waals surface area contributed by atoms with Crippen LogP contribution in [0.5, 0.6) is 0 Å². The number of hydrogen-bond donors (Lipinski definition) is 1. The molecule has 0 atom stereocenters. The molecular formula is C22H25ClN4O3S. The number of aromatic nitrogens is 2. The summed E-state index contributed by atoms with van der Waals surface area (Å²) < 4.78 is 29.1. The maximum absolute atomic E-state index is 13.0. The zero-order valence-electron chi connectivity index (χ0n) is 17.9. The molecule has 164 valence electrons. The summed E-state index contributed by atoms with van der Waals surface area (Å²) in [4.78, 5) is 17.1. The van der Waals surface area contributed by atoms with E-state index in [1.54, 1.807) is 38.4 Å². The predicted octanol–water partition coefficient (Wildman–Crippen LogP) is 4.43. The van der Waals surface area contributed by atoms with Gasteiger partial charge in [0.2, 0.25) is 10.0 Å². The molecule has 0 aliphatic heterocycles. The predicted molar refractivity (Wildman–Crippen MR) is 123 cm³/mol. The SMILES string of the molecule is CCN(CC)S(=O)(=O)c1cc(NC(=O)c2cc(C)n(-c3cccnc3)c2C)ccc1Cl. The third kappa shape index (κ3) is 4.51. The molecular weight excluding hydrogens is 436 g/mol. The number of nitrogens with one attached hydrogen (secondary N) is 1. The summed E-state index contributed by atoms with van der Waals surface area (Å²) in [6.45, 7) is 7.94. The number of sulfonamides is 1. The molecule has 2 aromatic heterocycles. The fraction of sp³-hybridized carbons (Fsp3) is 0.273. The number of benzene rings is 1. The van der Waals surface area contributed by atoms with Crippen molar-refractivity contribution in [1.82, 2.24) is 13.9 Å². The first kappa shape index (κ1) is 23.0. The Morgan fingerprint density at radius 3 is 2.48 bits per heavy atom. The van der Waals surface area contributed by atoms with Crippen LogP contribution >= 0.6 is 11.6 Å². The van der Waals surface area contributed by atoms with Gasteiger partial charge in [0.15, 0.2) is 0 Å². The van der Waals surface area contributed by atoms with Crippen LogP contribution in [0.25, 0.3) is 5.69 Å². The second-order valence-corrected chi connectivity index (χ2v) is 9.33. The minimum Gasteiger partial charge on any atom is -0.322 e. The lowest BCUT2D eigenvalue weighted by atomic mass is 10.2. The van der Waals surface area contributed by atoms with Crippen LogP contribution in [0.2, 0.25) is 5.02 Å². The van der Waals surface area contributed by atoms with Crippen molar-refractivity contribution in [3.63, 3.8) is 0 Å². The standard InChI is InChI=1S/C22H25ClN4O3S/c1-5-26(6-2)31(29,30)21-13-17(9-10-20(21)23)25-22(28)19-12-15(3)27(16(19)4)18-8-7-11-24-14-18/h7-14H,5-6H2,1-4H3,(H,25,28). The number of carbonyl (C=O) groups excluding carboxylic acids is 1. The van der Waals surface area contributed by atoms with E-state index in [0.29, 0.717) is 24.3 Å². The number of anilines is 1. The van der Waals surface area contributed by atoms with Gasteiger partial charge in [-0.05, 0) is 50.2 Å². The third-order valence-corrected chi connectivity index (χ3v) is 7.62. The van der Waals surface area contributed by atoms with E-state index in [9.17, 15) is 13.2 Å². The number of halogens is 1. The molecule has 0 unspecified atom stereocenters. The van der Waals surface area contributed by atoms with E-state index in [0.717, 1.165) is 17.1 Å². The van der Waals surface area contributed by atoms with Gasteiger partial charge in [-0.25, -0.2) is 8.42 Å². The van der Waals surface area contributed by atoms with E-state index in [4.69, 9.17) is 11.6 Å². The molecule has 7 nitrogen and oxygen atoms in total. The summed E-state index contributed by atoms with van der Waals surface area (Å²) in [6.07, 6.45) is 3.42. The van der Waals surface area contributed by atoms with Crippen molar-refractivity contribution in [3.8, 4) is 5.69 Å². The van der Waals surface area contributed by atoms with E-state index in [1.165, 1.54) is 16.4 Å². The molecule has 1 amide bonds. The second kappa shape index (κ2) is 9.21. The molecule has 0 bridgehead atoms. The van der Waals surface area contributed by atoms with Gasteiger partial charge in [0.25, 0.3) is 5.91 Å². The Hall–Kier alpha value is -2.68. The monoisotopic (exact) mass is 460 g/mol. The zero-order chi connectivity index (χ0) is 22.8. The van der Waals surface area contributed by atoms with Gasteiger partial charge >= 0.3 is 0 Å². The van der Waals surface area contributed by atoms with Crippen molar-refractivity contribution in [3.05, 3.63) is 70.8 Å². The molecule has 3 rings (SSSR count). The van der Waals surface area contributed by atoms with Crippen LogP contribution in [0.1, 0.15) is 35.6 Å². The first-order valence-electron chi connectivity index (χ1n) is 9.91.